The minimum absolute atomic E-state index is 0. The van der Waals surface area contributed by atoms with Gasteiger partial charge in [0.2, 0.25) is 0 Å². The molecule has 6 heteroatoms. The first kappa shape index (κ1) is 20.4. The second-order valence-corrected chi connectivity index (χ2v) is 6.10. The number of aromatic nitrogens is 2. The van der Waals surface area contributed by atoms with Gasteiger partial charge < -0.3 is 15.8 Å². The molecule has 0 unspecified atom stereocenters. The number of rotatable bonds is 4. The molecule has 0 spiro atoms. The molecule has 4 rings (SSSR count). The van der Waals surface area contributed by atoms with Crippen LogP contribution >= 0.6 is 0 Å². The van der Waals surface area contributed by atoms with Crippen molar-refractivity contribution in [3.05, 3.63) is 108 Å². The summed E-state index contributed by atoms with van der Waals surface area (Å²) in [4.78, 5) is 21.5. The van der Waals surface area contributed by atoms with Crippen LogP contribution < -0.4 is 0 Å². The van der Waals surface area contributed by atoms with E-state index in [1.807, 2.05) is 48.5 Å². The second-order valence-electron chi connectivity index (χ2n) is 6.10. The molecular formula is C23H16N4OPt. The van der Waals surface area contributed by atoms with Crippen LogP contribution in [-0.4, -0.2) is 15.9 Å². The van der Waals surface area contributed by atoms with E-state index in [1.165, 1.54) is 0 Å². The molecule has 1 amide bonds. The largest absolute Gasteiger partial charge is 2.00 e. The monoisotopic (exact) mass is 559 g/mol. The Morgan fingerprint density at radius 1 is 0.759 bits per heavy atom. The second kappa shape index (κ2) is 9.26. The summed E-state index contributed by atoms with van der Waals surface area (Å²) in [6.45, 7) is 0. The smallest absolute Gasteiger partial charge is 0.698 e. The Labute approximate surface area is 183 Å². The van der Waals surface area contributed by atoms with E-state index in [-0.39, 0.29) is 26.8 Å². The van der Waals surface area contributed by atoms with Crippen LogP contribution in [0.5, 0.6) is 0 Å². The molecule has 0 saturated carbocycles. The van der Waals surface area contributed by atoms with Crippen LogP contribution in [0, 0.1) is 0 Å². The fourth-order valence-corrected chi connectivity index (χ4v) is 2.89. The zero-order valence-corrected chi connectivity index (χ0v) is 17.5. The van der Waals surface area contributed by atoms with Crippen LogP contribution in [0.25, 0.3) is 33.6 Å². The summed E-state index contributed by atoms with van der Waals surface area (Å²) in [5.41, 5.74) is 11.9. The maximum atomic E-state index is 12.8. The number of hydrogen-bond acceptors (Lipinski definition) is 3. The molecule has 144 valence electrons. The molecule has 2 aromatic carbocycles. The summed E-state index contributed by atoms with van der Waals surface area (Å²) in [6, 6.07) is 25.3. The molecular weight excluding hydrogens is 543 g/mol. The van der Waals surface area contributed by atoms with Crippen LogP contribution in [0.1, 0.15) is 10.5 Å². The first-order valence-corrected chi connectivity index (χ1v) is 8.77. The van der Waals surface area contributed by atoms with Crippen molar-refractivity contribution < 1.29 is 25.9 Å². The van der Waals surface area contributed by atoms with Gasteiger partial charge in [0.1, 0.15) is 5.91 Å². The Kier molecular flexibility index (Phi) is 6.53. The van der Waals surface area contributed by atoms with E-state index in [4.69, 9.17) is 5.73 Å². The van der Waals surface area contributed by atoms with Gasteiger partial charge in [0.05, 0.1) is 17.1 Å². The van der Waals surface area contributed by atoms with Gasteiger partial charge in [0.15, 0.2) is 0 Å². The number of nitrogens with one attached hydrogen (secondary N) is 1. The summed E-state index contributed by atoms with van der Waals surface area (Å²) < 4.78 is 0. The molecule has 0 bridgehead atoms. The van der Waals surface area contributed by atoms with Crippen molar-refractivity contribution in [2.75, 3.05) is 0 Å². The Morgan fingerprint density at radius 3 is 2.21 bits per heavy atom. The average Bonchev–Trinajstić information content (AvgIpc) is 2.75. The topological polar surface area (TPSA) is 80.8 Å². The predicted octanol–water partition coefficient (Wildman–Crippen LogP) is 6.34. The number of carbonyl (C=O) groups is 1. The average molecular weight is 559 g/mol. The van der Waals surface area contributed by atoms with Crippen LogP contribution in [0.15, 0.2) is 91.1 Å². The van der Waals surface area contributed by atoms with Gasteiger partial charge in [-0.3, -0.25) is 4.98 Å². The van der Waals surface area contributed by atoms with Gasteiger partial charge in [-0.15, -0.1) is 11.4 Å². The van der Waals surface area contributed by atoms with Crippen molar-refractivity contribution in [3.63, 3.8) is 0 Å². The zero-order chi connectivity index (χ0) is 19.3. The molecule has 2 aromatic heterocycles. The van der Waals surface area contributed by atoms with Crippen molar-refractivity contribution >= 4 is 17.3 Å². The third kappa shape index (κ3) is 4.58. The molecule has 5 nitrogen and oxygen atoms in total. The summed E-state index contributed by atoms with van der Waals surface area (Å²) in [5, 5.41) is 4.27. The van der Waals surface area contributed by atoms with Gasteiger partial charge in [0.25, 0.3) is 0 Å². The van der Waals surface area contributed by atoms with Gasteiger partial charge in [0, 0.05) is 6.20 Å². The maximum absolute atomic E-state index is 12.8. The molecule has 29 heavy (non-hydrogen) atoms. The zero-order valence-electron chi connectivity index (χ0n) is 15.2. The molecule has 0 atom stereocenters. The van der Waals surface area contributed by atoms with Gasteiger partial charge in [-0.25, -0.2) is 4.98 Å². The van der Waals surface area contributed by atoms with Crippen molar-refractivity contribution in [2.24, 2.45) is 0 Å². The first-order valence-electron chi connectivity index (χ1n) is 8.77. The maximum Gasteiger partial charge on any atom is 2.00 e. The molecule has 0 aliphatic carbocycles. The normalized spacial score (nSPS) is 10.1. The van der Waals surface area contributed by atoms with E-state index in [1.54, 1.807) is 42.6 Å². The van der Waals surface area contributed by atoms with E-state index in [2.05, 4.69) is 15.3 Å². The number of hydrogen-bond donors (Lipinski definition) is 0. The summed E-state index contributed by atoms with van der Waals surface area (Å²) in [5.74, 6) is -0.437. The van der Waals surface area contributed by atoms with Crippen molar-refractivity contribution in [1.29, 1.82) is 0 Å². The van der Waals surface area contributed by atoms with Crippen LogP contribution in [0.2, 0.25) is 0 Å². The van der Waals surface area contributed by atoms with Gasteiger partial charge >= 0.3 is 21.1 Å². The van der Waals surface area contributed by atoms with Crippen molar-refractivity contribution in [2.45, 2.75) is 0 Å². The molecule has 0 aliphatic heterocycles. The molecule has 0 saturated heterocycles. The SMILES string of the molecule is [NH-]c1ccccc1-c1cccc(C(=O)[N-]c2ccccc2-c2ccccn2)n1.[Pt+2]. The number of benzene rings is 2. The number of pyridine rings is 2. The van der Waals surface area contributed by atoms with Crippen molar-refractivity contribution in [3.8, 4) is 22.5 Å². The van der Waals surface area contributed by atoms with E-state index >= 15 is 0 Å². The minimum Gasteiger partial charge on any atom is -0.698 e. The summed E-state index contributed by atoms with van der Waals surface area (Å²) in [6.07, 6.45) is 1.71. The van der Waals surface area contributed by atoms with Crippen LogP contribution in [-0.2, 0) is 21.1 Å². The quantitative estimate of drug-likeness (QED) is 0.293. The Bertz CT molecular complexity index is 1130. The van der Waals surface area contributed by atoms with E-state index in [9.17, 15) is 4.79 Å². The number of para-hydroxylation sites is 1. The third-order valence-corrected chi connectivity index (χ3v) is 4.24. The number of carbonyl (C=O) groups excluding carboxylic acids is 1. The first-order chi connectivity index (χ1) is 13.7. The van der Waals surface area contributed by atoms with Crippen molar-refractivity contribution in [1.82, 2.24) is 9.97 Å². The van der Waals surface area contributed by atoms with Crippen LogP contribution in [0.4, 0.5) is 11.4 Å². The molecule has 0 fully saturated rings. The molecule has 0 radical (unpaired) electrons. The summed E-state index contributed by atoms with van der Waals surface area (Å²) in [7, 11) is 0. The fourth-order valence-electron chi connectivity index (χ4n) is 2.89. The van der Waals surface area contributed by atoms with E-state index in [0.717, 1.165) is 11.3 Å². The van der Waals surface area contributed by atoms with Crippen LogP contribution in [0.3, 0.4) is 0 Å². The van der Waals surface area contributed by atoms with Gasteiger partial charge in [-0.2, -0.15) is 0 Å². The summed E-state index contributed by atoms with van der Waals surface area (Å²) >= 11 is 0. The molecule has 4 aromatic rings. The predicted molar refractivity (Wildman–Crippen MR) is 111 cm³/mol. The molecule has 1 N–H and O–H groups in total. The minimum atomic E-state index is -0.437. The molecule has 2 heterocycles. The Balaban J connectivity index is 0.00000240. The molecule has 0 aliphatic rings. The fraction of sp³-hybridized carbons (Fsp3) is 0. The third-order valence-electron chi connectivity index (χ3n) is 4.24. The Hall–Kier alpha value is -3.30. The standard InChI is InChI=1S/C23H17N4O.Pt/c24-18-10-3-1-8-16(18)20-13-7-14-22(26-20)23(28)27-21-12-4-2-9-17(21)19-11-5-6-15-25-19;/h1-15H,(H2-,24,25,26,27,28);/q-1;+2/p-1. The Morgan fingerprint density at radius 2 is 1.45 bits per heavy atom. The van der Waals surface area contributed by atoms with Gasteiger partial charge in [-0.1, -0.05) is 60.7 Å². The van der Waals surface area contributed by atoms with E-state index in [0.29, 0.717) is 22.6 Å². The van der Waals surface area contributed by atoms with Gasteiger partial charge in [-0.05, 0) is 35.4 Å². The number of nitrogens with zero attached hydrogens (tertiary/aromatic N) is 3. The number of amides is 1. The van der Waals surface area contributed by atoms with E-state index < -0.39 is 5.91 Å².